The van der Waals surface area contributed by atoms with Gasteiger partial charge in [0.25, 0.3) is 0 Å². The fourth-order valence-electron chi connectivity index (χ4n) is 2.07. The van der Waals surface area contributed by atoms with Crippen molar-refractivity contribution < 1.29 is 9.53 Å². The van der Waals surface area contributed by atoms with Crippen LogP contribution < -0.4 is 10.1 Å². The molecule has 0 fully saturated rings. The minimum atomic E-state index is -0.0248. The highest BCUT2D eigenvalue weighted by Crippen LogP contribution is 2.16. The molecule has 4 heteroatoms. The van der Waals surface area contributed by atoms with Crippen LogP contribution in [0.5, 0.6) is 5.75 Å². The summed E-state index contributed by atoms with van der Waals surface area (Å²) in [5.41, 5.74) is 3.30. The highest BCUT2D eigenvalue weighted by Gasteiger charge is 2.03. The first-order valence-electron chi connectivity index (χ1n) is 7.00. The monoisotopic (exact) mass is 284 g/mol. The van der Waals surface area contributed by atoms with Gasteiger partial charge < -0.3 is 10.1 Å². The predicted molar refractivity (Wildman–Crippen MR) is 82.1 cm³/mol. The zero-order chi connectivity index (χ0) is 15.1. The van der Waals surface area contributed by atoms with E-state index in [4.69, 9.17) is 4.74 Å². The maximum absolute atomic E-state index is 11.7. The van der Waals surface area contributed by atoms with Gasteiger partial charge >= 0.3 is 0 Å². The zero-order valence-electron chi connectivity index (χ0n) is 12.4. The quantitative estimate of drug-likeness (QED) is 0.887. The van der Waals surface area contributed by atoms with E-state index >= 15 is 0 Å². The van der Waals surface area contributed by atoms with Gasteiger partial charge in [-0.15, -0.1) is 0 Å². The molecule has 1 amide bonds. The first kappa shape index (κ1) is 15.0. The van der Waals surface area contributed by atoms with Gasteiger partial charge in [0.1, 0.15) is 5.75 Å². The third-order valence-corrected chi connectivity index (χ3v) is 3.01. The van der Waals surface area contributed by atoms with Crippen LogP contribution in [0, 0.1) is 13.8 Å². The number of nitrogens with one attached hydrogen (secondary N) is 1. The van der Waals surface area contributed by atoms with E-state index in [1.54, 1.807) is 12.4 Å². The van der Waals surface area contributed by atoms with Gasteiger partial charge in [-0.2, -0.15) is 0 Å². The number of pyridine rings is 1. The topological polar surface area (TPSA) is 51.2 Å². The van der Waals surface area contributed by atoms with Crippen LogP contribution in [-0.4, -0.2) is 17.5 Å². The number of ether oxygens (including phenoxy) is 1. The molecular weight excluding hydrogens is 264 g/mol. The number of hydrogen-bond donors (Lipinski definition) is 1. The van der Waals surface area contributed by atoms with Crippen LogP contribution in [0.3, 0.4) is 0 Å². The maximum Gasteiger partial charge on any atom is 0.223 e. The molecule has 2 rings (SSSR count). The molecule has 2 aromatic rings. The van der Waals surface area contributed by atoms with E-state index in [2.05, 4.69) is 16.4 Å². The van der Waals surface area contributed by atoms with Crippen molar-refractivity contribution in [3.05, 3.63) is 59.4 Å². The molecule has 21 heavy (non-hydrogen) atoms. The van der Waals surface area contributed by atoms with E-state index in [1.807, 2.05) is 38.1 Å². The normalized spacial score (nSPS) is 10.2. The molecule has 0 bridgehead atoms. The van der Waals surface area contributed by atoms with Crippen LogP contribution in [0.4, 0.5) is 0 Å². The number of rotatable bonds is 6. The minimum absolute atomic E-state index is 0.0248. The maximum atomic E-state index is 11.7. The van der Waals surface area contributed by atoms with Crippen LogP contribution in [0.2, 0.25) is 0 Å². The Balaban J connectivity index is 1.72. The molecule has 4 nitrogen and oxygen atoms in total. The lowest BCUT2D eigenvalue weighted by molar-refractivity contribution is -0.121. The molecule has 0 saturated heterocycles. The minimum Gasteiger partial charge on any atom is -0.493 e. The fraction of sp³-hybridized carbons (Fsp3) is 0.294. The van der Waals surface area contributed by atoms with Crippen molar-refractivity contribution in [1.82, 2.24) is 10.3 Å². The molecule has 1 heterocycles. The number of hydrogen-bond acceptors (Lipinski definition) is 3. The number of aromatic nitrogens is 1. The summed E-state index contributed by atoms with van der Waals surface area (Å²) < 4.78 is 5.62. The highest BCUT2D eigenvalue weighted by atomic mass is 16.5. The second kappa shape index (κ2) is 7.43. The smallest absolute Gasteiger partial charge is 0.223 e. The van der Waals surface area contributed by atoms with Crippen molar-refractivity contribution in [1.29, 1.82) is 0 Å². The molecule has 1 aromatic carbocycles. The fourth-order valence-corrected chi connectivity index (χ4v) is 2.07. The number of aryl methyl sites for hydroxylation is 2. The first-order chi connectivity index (χ1) is 10.1. The van der Waals surface area contributed by atoms with E-state index in [0.29, 0.717) is 19.6 Å². The summed E-state index contributed by atoms with van der Waals surface area (Å²) in [6, 6.07) is 9.82. The summed E-state index contributed by atoms with van der Waals surface area (Å²) >= 11 is 0. The average molecular weight is 284 g/mol. The molecule has 1 aromatic heterocycles. The Hall–Kier alpha value is -2.36. The summed E-state index contributed by atoms with van der Waals surface area (Å²) in [6.07, 6.45) is 3.79. The molecule has 1 N–H and O–H groups in total. The molecule has 0 radical (unpaired) electrons. The van der Waals surface area contributed by atoms with Crippen LogP contribution in [-0.2, 0) is 11.3 Å². The van der Waals surface area contributed by atoms with E-state index in [1.165, 1.54) is 0 Å². The van der Waals surface area contributed by atoms with Crippen molar-refractivity contribution in [3.8, 4) is 5.75 Å². The van der Waals surface area contributed by atoms with Crippen molar-refractivity contribution >= 4 is 5.91 Å². The van der Waals surface area contributed by atoms with Gasteiger partial charge in [0.15, 0.2) is 0 Å². The lowest BCUT2D eigenvalue weighted by atomic mass is 10.1. The summed E-state index contributed by atoms with van der Waals surface area (Å²) in [7, 11) is 0. The largest absolute Gasteiger partial charge is 0.493 e. The Morgan fingerprint density at radius 3 is 2.67 bits per heavy atom. The Kier molecular flexibility index (Phi) is 5.32. The van der Waals surface area contributed by atoms with Gasteiger partial charge in [0, 0.05) is 18.9 Å². The third-order valence-electron chi connectivity index (χ3n) is 3.01. The Labute approximate surface area is 125 Å². The first-order valence-corrected chi connectivity index (χ1v) is 7.00. The second-order valence-corrected chi connectivity index (χ2v) is 5.06. The second-order valence-electron chi connectivity index (χ2n) is 5.06. The van der Waals surface area contributed by atoms with Crippen molar-refractivity contribution in [2.75, 3.05) is 6.61 Å². The summed E-state index contributed by atoms with van der Waals surface area (Å²) in [6.45, 7) is 4.93. The molecule has 0 atom stereocenters. The number of benzene rings is 1. The molecule has 0 aliphatic heterocycles. The van der Waals surface area contributed by atoms with Crippen molar-refractivity contribution in [2.45, 2.75) is 26.8 Å². The Bertz CT molecular complexity index is 577. The standard InChI is InChI=1S/C17H20N2O2/c1-13-8-14(2)10-16(9-13)21-7-5-17(20)19-12-15-4-3-6-18-11-15/h3-4,6,8-11H,5,7,12H2,1-2H3,(H,19,20). The molecular formula is C17H20N2O2. The Morgan fingerprint density at radius 2 is 2.00 bits per heavy atom. The number of carbonyl (C=O) groups excluding carboxylic acids is 1. The zero-order valence-corrected chi connectivity index (χ0v) is 12.4. The van der Waals surface area contributed by atoms with Gasteiger partial charge in [0.05, 0.1) is 13.0 Å². The van der Waals surface area contributed by atoms with E-state index < -0.39 is 0 Å². The van der Waals surface area contributed by atoms with Crippen LogP contribution >= 0.6 is 0 Å². The lowest BCUT2D eigenvalue weighted by Crippen LogP contribution is -2.24. The molecule has 0 spiro atoms. The number of nitrogens with zero attached hydrogens (tertiary/aromatic N) is 1. The molecule has 0 unspecified atom stereocenters. The van der Waals surface area contributed by atoms with Gasteiger partial charge in [-0.25, -0.2) is 0 Å². The van der Waals surface area contributed by atoms with Crippen LogP contribution in [0.1, 0.15) is 23.1 Å². The molecule has 0 saturated carbocycles. The predicted octanol–water partition coefficient (Wildman–Crippen LogP) is 2.78. The molecule has 0 aliphatic rings. The van der Waals surface area contributed by atoms with E-state index in [-0.39, 0.29) is 5.91 Å². The Morgan fingerprint density at radius 1 is 1.24 bits per heavy atom. The summed E-state index contributed by atoms with van der Waals surface area (Å²) in [4.78, 5) is 15.7. The summed E-state index contributed by atoms with van der Waals surface area (Å²) in [5, 5.41) is 2.85. The van der Waals surface area contributed by atoms with Gasteiger partial charge in [-0.05, 0) is 48.7 Å². The lowest BCUT2D eigenvalue weighted by Gasteiger charge is -2.09. The van der Waals surface area contributed by atoms with Crippen LogP contribution in [0.15, 0.2) is 42.7 Å². The van der Waals surface area contributed by atoms with E-state index in [0.717, 1.165) is 22.4 Å². The number of amides is 1. The van der Waals surface area contributed by atoms with Crippen molar-refractivity contribution in [3.63, 3.8) is 0 Å². The van der Waals surface area contributed by atoms with Gasteiger partial charge in [0.2, 0.25) is 5.91 Å². The van der Waals surface area contributed by atoms with E-state index in [9.17, 15) is 4.79 Å². The number of carbonyl (C=O) groups is 1. The molecule has 0 aliphatic carbocycles. The van der Waals surface area contributed by atoms with Gasteiger partial charge in [-0.3, -0.25) is 9.78 Å². The average Bonchev–Trinajstić information content (AvgIpc) is 2.45. The SMILES string of the molecule is Cc1cc(C)cc(OCCC(=O)NCc2cccnc2)c1. The third kappa shape index (κ3) is 5.26. The van der Waals surface area contributed by atoms with Crippen LogP contribution in [0.25, 0.3) is 0 Å². The molecule has 110 valence electrons. The van der Waals surface area contributed by atoms with Crippen molar-refractivity contribution in [2.24, 2.45) is 0 Å². The summed E-state index contributed by atoms with van der Waals surface area (Å²) in [5.74, 6) is 0.788. The highest BCUT2D eigenvalue weighted by molar-refractivity contribution is 5.75. The van der Waals surface area contributed by atoms with Gasteiger partial charge in [-0.1, -0.05) is 12.1 Å².